The van der Waals surface area contributed by atoms with Crippen molar-refractivity contribution in [2.45, 2.75) is 25.9 Å². The van der Waals surface area contributed by atoms with Crippen LogP contribution in [0.5, 0.6) is 0 Å². The van der Waals surface area contributed by atoms with Crippen molar-refractivity contribution in [1.82, 2.24) is 9.80 Å². The lowest BCUT2D eigenvalue weighted by Crippen LogP contribution is -2.60. The van der Waals surface area contributed by atoms with Gasteiger partial charge in [0.25, 0.3) is 0 Å². The molecule has 8 heteroatoms. The molecule has 0 saturated carbocycles. The lowest BCUT2D eigenvalue weighted by Gasteiger charge is -2.46. The lowest BCUT2D eigenvalue weighted by atomic mass is 9.85. The topological polar surface area (TPSA) is 126 Å². The molecule has 0 bridgehead atoms. The van der Waals surface area contributed by atoms with Crippen molar-refractivity contribution in [2.75, 3.05) is 13.1 Å². The van der Waals surface area contributed by atoms with E-state index < -0.39 is 12.1 Å². The summed E-state index contributed by atoms with van der Waals surface area (Å²) in [6, 6.07) is 26.3. The van der Waals surface area contributed by atoms with Gasteiger partial charge < -0.3 is 9.80 Å². The van der Waals surface area contributed by atoms with E-state index in [9.17, 15) is 21.0 Å². The molecule has 2 aromatic carbocycles. The summed E-state index contributed by atoms with van der Waals surface area (Å²) < 4.78 is 0. The fraction of sp³-hybridized carbons (Fsp3) is 0.214. The van der Waals surface area contributed by atoms with Gasteiger partial charge in [0.1, 0.15) is 24.3 Å². The fourth-order valence-electron chi connectivity index (χ4n) is 4.75. The summed E-state index contributed by atoms with van der Waals surface area (Å²) in [4.78, 5) is 13.1. The highest BCUT2D eigenvalue weighted by Crippen LogP contribution is 2.34. The maximum Gasteiger partial charge on any atom is 0.175 e. The van der Waals surface area contributed by atoms with Crippen LogP contribution in [0.2, 0.25) is 0 Å². The second-order valence-corrected chi connectivity index (χ2v) is 8.03. The first-order chi connectivity index (χ1) is 17.6. The van der Waals surface area contributed by atoms with Crippen molar-refractivity contribution in [3.63, 3.8) is 0 Å². The number of nitrogens with zero attached hydrogens (tertiary/aromatic N) is 8. The lowest BCUT2D eigenvalue weighted by molar-refractivity contribution is 0.215. The Labute approximate surface area is 210 Å². The average Bonchev–Trinajstić information content (AvgIpc) is 2.95. The number of hydrogen-bond acceptors (Lipinski definition) is 8. The standard InChI is InChI=1S/C28H22N8/c1-3-35-23(17-31)21(15-29)33-25(19-11-7-5-8-12-19)27(35)28-26(20-13-9-6-10-14-20)34-22(16-30)24(18-32)36(28)4-2/h5-14,27-28H,3-4H2,1-2H3/t27-,28+. The third-order valence-corrected chi connectivity index (χ3v) is 6.26. The molecule has 0 aliphatic carbocycles. The minimum absolute atomic E-state index is 0.0419. The van der Waals surface area contributed by atoms with E-state index in [0.717, 1.165) is 11.1 Å². The molecule has 0 radical (unpaired) electrons. The summed E-state index contributed by atoms with van der Waals surface area (Å²) in [6.07, 6.45) is 0. The summed E-state index contributed by atoms with van der Waals surface area (Å²) in [5.74, 6) is 0. The molecular formula is C28H22N8. The molecule has 2 atom stereocenters. The van der Waals surface area contributed by atoms with E-state index in [1.807, 2.05) is 84.3 Å². The van der Waals surface area contributed by atoms with Crippen molar-refractivity contribution in [3.05, 3.63) is 94.6 Å². The number of hydrogen-bond donors (Lipinski definition) is 0. The summed E-state index contributed by atoms with van der Waals surface area (Å²) >= 11 is 0. The second-order valence-electron chi connectivity index (χ2n) is 8.03. The molecule has 2 heterocycles. The summed E-state index contributed by atoms with van der Waals surface area (Å²) in [5.41, 5.74) is 3.20. The first kappa shape index (κ1) is 24.0. The van der Waals surface area contributed by atoms with Crippen molar-refractivity contribution in [3.8, 4) is 24.3 Å². The first-order valence-corrected chi connectivity index (χ1v) is 11.5. The Morgan fingerprint density at radius 2 is 0.972 bits per heavy atom. The van der Waals surface area contributed by atoms with Crippen LogP contribution in [0.15, 0.2) is 93.4 Å². The van der Waals surface area contributed by atoms with E-state index in [1.165, 1.54) is 0 Å². The monoisotopic (exact) mass is 470 g/mol. The van der Waals surface area contributed by atoms with Crippen LogP contribution in [0, 0.1) is 45.3 Å². The molecule has 4 rings (SSSR count). The van der Waals surface area contributed by atoms with Crippen molar-refractivity contribution >= 4 is 11.4 Å². The van der Waals surface area contributed by atoms with E-state index in [-0.39, 0.29) is 22.8 Å². The number of likely N-dealkylation sites (N-methyl/N-ethyl adjacent to an activating group) is 2. The Kier molecular flexibility index (Phi) is 6.92. The van der Waals surface area contributed by atoms with Crippen LogP contribution in [-0.2, 0) is 0 Å². The largest absolute Gasteiger partial charge is 0.350 e. The van der Waals surface area contributed by atoms with Crippen LogP contribution < -0.4 is 0 Å². The summed E-state index contributed by atoms with van der Waals surface area (Å²) in [7, 11) is 0. The van der Waals surface area contributed by atoms with Gasteiger partial charge in [-0.1, -0.05) is 60.7 Å². The van der Waals surface area contributed by atoms with Gasteiger partial charge in [-0.05, 0) is 25.0 Å². The predicted octanol–water partition coefficient (Wildman–Crippen LogP) is 3.89. The van der Waals surface area contributed by atoms with Gasteiger partial charge >= 0.3 is 0 Å². The van der Waals surface area contributed by atoms with E-state index in [0.29, 0.717) is 24.5 Å². The van der Waals surface area contributed by atoms with Gasteiger partial charge in [-0.15, -0.1) is 0 Å². The minimum atomic E-state index is -0.563. The number of benzene rings is 2. The minimum Gasteiger partial charge on any atom is -0.350 e. The molecule has 2 aromatic rings. The molecule has 0 N–H and O–H groups in total. The maximum atomic E-state index is 10.0. The Hall–Kier alpha value is -5.18. The maximum absolute atomic E-state index is 10.0. The van der Waals surface area contributed by atoms with Gasteiger partial charge in [-0.2, -0.15) is 21.0 Å². The molecule has 0 spiro atoms. The fourth-order valence-corrected chi connectivity index (χ4v) is 4.75. The molecule has 0 unspecified atom stereocenters. The van der Waals surface area contributed by atoms with Crippen molar-refractivity contribution in [2.24, 2.45) is 9.98 Å². The molecule has 8 nitrogen and oxygen atoms in total. The zero-order chi connectivity index (χ0) is 25.7. The predicted molar refractivity (Wildman–Crippen MR) is 135 cm³/mol. The number of nitriles is 4. The van der Waals surface area contributed by atoms with Crippen LogP contribution >= 0.6 is 0 Å². The smallest absolute Gasteiger partial charge is 0.175 e. The van der Waals surface area contributed by atoms with E-state index in [4.69, 9.17) is 0 Å². The Bertz CT molecular complexity index is 1340. The Morgan fingerprint density at radius 1 is 0.611 bits per heavy atom. The highest BCUT2D eigenvalue weighted by atomic mass is 15.3. The van der Waals surface area contributed by atoms with Crippen LogP contribution in [-0.4, -0.2) is 46.4 Å². The van der Waals surface area contributed by atoms with Gasteiger partial charge in [0.15, 0.2) is 22.8 Å². The summed E-state index contributed by atoms with van der Waals surface area (Å²) in [5, 5.41) is 39.7. The highest BCUT2D eigenvalue weighted by molar-refractivity contribution is 6.14. The van der Waals surface area contributed by atoms with Gasteiger partial charge in [0.2, 0.25) is 0 Å². The van der Waals surface area contributed by atoms with Crippen molar-refractivity contribution < 1.29 is 0 Å². The zero-order valence-corrected chi connectivity index (χ0v) is 19.9. The molecule has 2 aliphatic heterocycles. The molecule has 36 heavy (non-hydrogen) atoms. The van der Waals surface area contributed by atoms with Gasteiger partial charge in [0.05, 0.1) is 23.5 Å². The quantitative estimate of drug-likeness (QED) is 0.652. The normalized spacial score (nSPS) is 19.5. The number of aliphatic imine (C=N–C) groups is 2. The van der Waals surface area contributed by atoms with E-state index in [2.05, 4.69) is 34.3 Å². The molecule has 0 amide bonds. The van der Waals surface area contributed by atoms with Gasteiger partial charge in [-0.25, -0.2) is 9.98 Å². The van der Waals surface area contributed by atoms with Gasteiger partial charge in [0, 0.05) is 13.1 Å². The average molecular weight is 471 g/mol. The van der Waals surface area contributed by atoms with Crippen LogP contribution in [0.4, 0.5) is 0 Å². The first-order valence-electron chi connectivity index (χ1n) is 11.5. The second kappa shape index (κ2) is 10.4. The van der Waals surface area contributed by atoms with E-state index in [1.54, 1.807) is 0 Å². The molecule has 0 saturated heterocycles. The number of rotatable bonds is 5. The molecular weight excluding hydrogens is 448 g/mol. The van der Waals surface area contributed by atoms with Crippen LogP contribution in [0.25, 0.3) is 0 Å². The van der Waals surface area contributed by atoms with Crippen LogP contribution in [0.3, 0.4) is 0 Å². The van der Waals surface area contributed by atoms with Crippen molar-refractivity contribution in [1.29, 1.82) is 21.0 Å². The number of allylic oxidation sites excluding steroid dienone is 4. The van der Waals surface area contributed by atoms with Gasteiger partial charge in [-0.3, -0.25) is 0 Å². The van der Waals surface area contributed by atoms with E-state index >= 15 is 0 Å². The molecule has 174 valence electrons. The zero-order valence-electron chi connectivity index (χ0n) is 19.9. The molecule has 0 aromatic heterocycles. The van der Waals surface area contributed by atoms with Crippen LogP contribution in [0.1, 0.15) is 25.0 Å². The summed E-state index contributed by atoms with van der Waals surface area (Å²) in [6.45, 7) is 4.65. The third-order valence-electron chi connectivity index (χ3n) is 6.26. The Balaban J connectivity index is 2.05. The Morgan fingerprint density at radius 3 is 1.25 bits per heavy atom. The third kappa shape index (κ3) is 3.98. The highest BCUT2D eigenvalue weighted by Gasteiger charge is 2.45. The molecule has 2 aliphatic rings. The SMILES string of the molecule is CCN1C(C#N)=C(C#N)N=C(c2ccccc2)[C@@H]1[C@@H]1C(c2ccccc2)=NC(C#N)=C(C#N)N1CC. The molecule has 0 fully saturated rings.